The lowest BCUT2D eigenvalue weighted by Crippen LogP contribution is -2.47. The summed E-state index contributed by atoms with van der Waals surface area (Å²) in [6, 6.07) is 10.9. The van der Waals surface area contributed by atoms with Crippen LogP contribution < -0.4 is 20.1 Å². The van der Waals surface area contributed by atoms with Crippen LogP contribution in [0.3, 0.4) is 0 Å². The van der Waals surface area contributed by atoms with Gasteiger partial charge in [0.15, 0.2) is 0 Å². The van der Waals surface area contributed by atoms with Crippen LogP contribution in [-0.4, -0.2) is 56.0 Å². The lowest BCUT2D eigenvalue weighted by Gasteiger charge is -2.22. The average molecular weight is 454 g/mol. The Balaban J connectivity index is 1.72. The van der Waals surface area contributed by atoms with Crippen LogP contribution >= 0.6 is 0 Å². The second kappa shape index (κ2) is 10.8. The molecule has 176 valence electrons. The van der Waals surface area contributed by atoms with E-state index in [0.29, 0.717) is 28.3 Å². The van der Waals surface area contributed by atoms with E-state index in [1.165, 1.54) is 14.2 Å². The third-order valence-corrected chi connectivity index (χ3v) is 5.62. The van der Waals surface area contributed by atoms with Crippen LogP contribution in [0.5, 0.6) is 11.5 Å². The Morgan fingerprint density at radius 1 is 0.909 bits per heavy atom. The van der Waals surface area contributed by atoms with Crippen molar-refractivity contribution in [1.29, 1.82) is 0 Å². The fourth-order valence-electron chi connectivity index (χ4n) is 3.75. The minimum atomic E-state index is -0.785. The standard InChI is InChI=1S/C25H31N3O5/c1-16(2)22(27-23(29)18-13-20(32-3)15-21(14-18)33-4)24(30)26-19-9-7-8-17(12-19)25(31)28-10-5-6-11-28/h7-9,12-16,22H,5-6,10-11H2,1-4H3,(H,26,30)(H,27,29). The van der Waals surface area contributed by atoms with Gasteiger partial charge in [-0.1, -0.05) is 19.9 Å². The van der Waals surface area contributed by atoms with Crippen LogP contribution in [0.2, 0.25) is 0 Å². The Morgan fingerprint density at radius 3 is 2.12 bits per heavy atom. The summed E-state index contributed by atoms with van der Waals surface area (Å²) in [4.78, 5) is 40.4. The number of nitrogens with one attached hydrogen (secondary N) is 2. The Hall–Kier alpha value is -3.55. The summed E-state index contributed by atoms with van der Waals surface area (Å²) in [6.45, 7) is 5.21. The molecule has 3 amide bonds. The third kappa shape index (κ3) is 6.03. The number of hydrogen-bond acceptors (Lipinski definition) is 5. The van der Waals surface area contributed by atoms with E-state index >= 15 is 0 Å². The van der Waals surface area contributed by atoms with Crippen LogP contribution in [-0.2, 0) is 4.79 Å². The SMILES string of the molecule is COc1cc(OC)cc(C(=O)NC(C(=O)Nc2cccc(C(=O)N3CCCC3)c2)C(C)C)c1. The zero-order valence-electron chi connectivity index (χ0n) is 19.5. The van der Waals surface area contributed by atoms with E-state index in [9.17, 15) is 14.4 Å². The fraction of sp³-hybridized carbons (Fsp3) is 0.400. The van der Waals surface area contributed by atoms with Crippen LogP contribution in [0.1, 0.15) is 47.4 Å². The van der Waals surface area contributed by atoms with Crippen LogP contribution in [0, 0.1) is 5.92 Å². The number of methoxy groups -OCH3 is 2. The number of carbonyl (C=O) groups is 3. The van der Waals surface area contributed by atoms with Gasteiger partial charge >= 0.3 is 0 Å². The summed E-state index contributed by atoms with van der Waals surface area (Å²) in [5.41, 5.74) is 1.36. The van der Waals surface area contributed by atoms with E-state index in [-0.39, 0.29) is 17.7 Å². The van der Waals surface area contributed by atoms with Gasteiger partial charge in [-0.3, -0.25) is 14.4 Å². The first-order chi connectivity index (χ1) is 15.8. The molecule has 1 heterocycles. The normalized spacial score (nSPS) is 14.0. The summed E-state index contributed by atoms with van der Waals surface area (Å²) in [5.74, 6) is -0.0350. The molecule has 8 heteroatoms. The van der Waals surface area contributed by atoms with E-state index in [1.54, 1.807) is 42.5 Å². The van der Waals surface area contributed by atoms with E-state index in [2.05, 4.69) is 10.6 Å². The smallest absolute Gasteiger partial charge is 0.253 e. The van der Waals surface area contributed by atoms with Crippen LogP contribution in [0.4, 0.5) is 5.69 Å². The number of rotatable bonds is 8. The van der Waals surface area contributed by atoms with Gasteiger partial charge in [-0.05, 0) is 49.1 Å². The predicted molar refractivity (Wildman–Crippen MR) is 126 cm³/mol. The molecule has 1 unspecified atom stereocenters. The Morgan fingerprint density at radius 2 is 1.55 bits per heavy atom. The molecule has 0 bridgehead atoms. The van der Waals surface area contributed by atoms with Crippen molar-refractivity contribution in [3.63, 3.8) is 0 Å². The van der Waals surface area contributed by atoms with Crippen molar-refractivity contribution in [2.45, 2.75) is 32.7 Å². The number of anilines is 1. The van der Waals surface area contributed by atoms with E-state index < -0.39 is 11.9 Å². The third-order valence-electron chi connectivity index (χ3n) is 5.62. The molecule has 1 saturated heterocycles. The summed E-state index contributed by atoms with van der Waals surface area (Å²) in [6.07, 6.45) is 2.02. The number of likely N-dealkylation sites (tertiary alicyclic amines) is 1. The molecule has 0 aliphatic carbocycles. The first kappa shape index (κ1) is 24.1. The molecule has 2 aromatic rings. The summed E-state index contributed by atoms with van der Waals surface area (Å²) < 4.78 is 10.4. The van der Waals surface area contributed by atoms with E-state index in [1.807, 2.05) is 18.7 Å². The molecule has 1 atom stereocenters. The zero-order chi connectivity index (χ0) is 24.0. The number of hydrogen-bond donors (Lipinski definition) is 2. The summed E-state index contributed by atoms with van der Waals surface area (Å²) in [5, 5.41) is 5.64. The molecule has 0 spiro atoms. The number of ether oxygens (including phenoxy) is 2. The highest BCUT2D eigenvalue weighted by atomic mass is 16.5. The van der Waals surface area contributed by atoms with E-state index in [4.69, 9.17) is 9.47 Å². The largest absolute Gasteiger partial charge is 0.497 e. The molecular formula is C25H31N3O5. The van der Waals surface area contributed by atoms with Gasteiger partial charge in [0.05, 0.1) is 14.2 Å². The van der Waals surface area contributed by atoms with Gasteiger partial charge in [-0.25, -0.2) is 0 Å². The molecule has 1 aliphatic heterocycles. The van der Waals surface area contributed by atoms with E-state index in [0.717, 1.165) is 25.9 Å². The van der Waals surface area contributed by atoms with Gasteiger partial charge in [0.1, 0.15) is 17.5 Å². The molecule has 0 aromatic heterocycles. The lowest BCUT2D eigenvalue weighted by molar-refractivity contribution is -0.118. The van der Waals surface area contributed by atoms with Gasteiger partial charge < -0.3 is 25.0 Å². The van der Waals surface area contributed by atoms with Crippen molar-refractivity contribution in [1.82, 2.24) is 10.2 Å². The zero-order valence-corrected chi connectivity index (χ0v) is 19.5. The second-order valence-corrected chi connectivity index (χ2v) is 8.37. The minimum Gasteiger partial charge on any atom is -0.497 e. The molecule has 0 radical (unpaired) electrons. The van der Waals surface area contributed by atoms with Crippen molar-refractivity contribution in [3.8, 4) is 11.5 Å². The maximum absolute atomic E-state index is 13.0. The van der Waals surface area contributed by atoms with Crippen LogP contribution in [0.15, 0.2) is 42.5 Å². The number of carbonyl (C=O) groups excluding carboxylic acids is 3. The summed E-state index contributed by atoms with van der Waals surface area (Å²) >= 11 is 0. The first-order valence-corrected chi connectivity index (χ1v) is 11.1. The van der Waals surface area contributed by atoms with Gasteiger partial charge in [0.25, 0.3) is 11.8 Å². The molecular weight excluding hydrogens is 422 g/mol. The topological polar surface area (TPSA) is 97.0 Å². The Labute approximate surface area is 194 Å². The summed E-state index contributed by atoms with van der Waals surface area (Å²) in [7, 11) is 3.01. The average Bonchev–Trinajstić information content (AvgIpc) is 3.36. The molecule has 8 nitrogen and oxygen atoms in total. The van der Waals surface area contributed by atoms with Gasteiger partial charge in [-0.2, -0.15) is 0 Å². The second-order valence-electron chi connectivity index (χ2n) is 8.37. The van der Waals surface area contributed by atoms with Crippen molar-refractivity contribution >= 4 is 23.4 Å². The molecule has 2 N–H and O–H groups in total. The predicted octanol–water partition coefficient (Wildman–Crippen LogP) is 3.33. The lowest BCUT2D eigenvalue weighted by atomic mass is 10.0. The van der Waals surface area contributed by atoms with Gasteiger partial charge in [-0.15, -0.1) is 0 Å². The van der Waals surface area contributed by atoms with Crippen molar-refractivity contribution in [3.05, 3.63) is 53.6 Å². The van der Waals surface area contributed by atoms with Crippen molar-refractivity contribution in [2.24, 2.45) is 5.92 Å². The molecule has 33 heavy (non-hydrogen) atoms. The Bertz CT molecular complexity index is 993. The number of benzene rings is 2. The Kier molecular flexibility index (Phi) is 7.92. The van der Waals surface area contributed by atoms with Gasteiger partial charge in [0, 0.05) is 36.0 Å². The van der Waals surface area contributed by atoms with Crippen molar-refractivity contribution in [2.75, 3.05) is 32.6 Å². The minimum absolute atomic E-state index is 0.0377. The quantitative estimate of drug-likeness (QED) is 0.639. The monoisotopic (exact) mass is 453 g/mol. The maximum atomic E-state index is 13.0. The fourth-order valence-corrected chi connectivity index (χ4v) is 3.75. The number of nitrogens with zero attached hydrogens (tertiary/aromatic N) is 1. The molecule has 2 aromatic carbocycles. The highest BCUT2D eigenvalue weighted by Gasteiger charge is 2.26. The molecule has 3 rings (SSSR count). The molecule has 1 fully saturated rings. The number of amides is 3. The molecule has 1 aliphatic rings. The van der Waals surface area contributed by atoms with Crippen LogP contribution in [0.25, 0.3) is 0 Å². The van der Waals surface area contributed by atoms with Gasteiger partial charge in [0.2, 0.25) is 5.91 Å². The maximum Gasteiger partial charge on any atom is 0.253 e. The highest BCUT2D eigenvalue weighted by molar-refractivity contribution is 6.02. The highest BCUT2D eigenvalue weighted by Crippen LogP contribution is 2.23. The van der Waals surface area contributed by atoms with Crippen molar-refractivity contribution < 1.29 is 23.9 Å². The first-order valence-electron chi connectivity index (χ1n) is 11.1. The molecule has 0 saturated carbocycles.